The molecule has 0 spiro atoms. The number of nitriles is 1. The number of hydrazone groups is 1. The molecule has 0 N–H and O–H groups in total. The summed E-state index contributed by atoms with van der Waals surface area (Å²) in [6, 6.07) is 5.57. The van der Waals surface area contributed by atoms with E-state index in [-0.39, 0.29) is 36.5 Å². The van der Waals surface area contributed by atoms with Crippen molar-refractivity contribution in [3.63, 3.8) is 0 Å². The highest BCUT2D eigenvalue weighted by molar-refractivity contribution is 9.10. The van der Waals surface area contributed by atoms with Gasteiger partial charge in [0, 0.05) is 29.6 Å². The summed E-state index contributed by atoms with van der Waals surface area (Å²) in [5, 5.41) is 15.1. The van der Waals surface area contributed by atoms with Crippen molar-refractivity contribution >= 4 is 43.7 Å². The first kappa shape index (κ1) is 25.7. The Balaban J connectivity index is 1.88. The van der Waals surface area contributed by atoms with E-state index in [0.29, 0.717) is 37.3 Å². The summed E-state index contributed by atoms with van der Waals surface area (Å²) in [6.45, 7) is 3.21. The standard InChI is InChI=1S/C22H22Br2N4O6/c1-11-19(24)15(9-30-3)14(8-25)21(26-11)33-10-18-27-28(12(2)29)22(34-18)13-6-16(23)20(32-5)17(7-13)31-4/h6-7,22H,9-10H2,1-5H3. The zero-order valence-electron chi connectivity index (χ0n) is 19.1. The number of aromatic nitrogens is 1. The molecule has 1 unspecified atom stereocenters. The number of carbonyl (C=O) groups is 1. The van der Waals surface area contributed by atoms with E-state index in [0.717, 1.165) is 0 Å². The third-order valence-corrected chi connectivity index (χ3v) is 6.49. The fourth-order valence-corrected chi connectivity index (χ4v) is 4.33. The number of carbonyl (C=O) groups excluding carboxylic acids is 1. The lowest BCUT2D eigenvalue weighted by atomic mass is 10.1. The highest BCUT2D eigenvalue weighted by Crippen LogP contribution is 2.40. The van der Waals surface area contributed by atoms with Gasteiger partial charge in [0.1, 0.15) is 11.6 Å². The molecule has 12 heteroatoms. The van der Waals surface area contributed by atoms with Crippen LogP contribution in [0.2, 0.25) is 0 Å². The summed E-state index contributed by atoms with van der Waals surface area (Å²) in [7, 11) is 4.58. The van der Waals surface area contributed by atoms with E-state index in [2.05, 4.69) is 48.0 Å². The van der Waals surface area contributed by atoms with Crippen LogP contribution in [0.3, 0.4) is 0 Å². The Labute approximate surface area is 213 Å². The summed E-state index contributed by atoms with van der Waals surface area (Å²) >= 11 is 6.89. The van der Waals surface area contributed by atoms with Gasteiger partial charge in [-0.15, -0.1) is 5.10 Å². The van der Waals surface area contributed by atoms with Crippen molar-refractivity contribution in [1.29, 1.82) is 5.26 Å². The van der Waals surface area contributed by atoms with Gasteiger partial charge in [0.05, 0.1) is 31.0 Å². The molecule has 0 aliphatic carbocycles. The molecule has 2 aromatic rings. The molecule has 1 aliphatic heterocycles. The van der Waals surface area contributed by atoms with Crippen LogP contribution in [0, 0.1) is 18.3 Å². The van der Waals surface area contributed by atoms with Gasteiger partial charge in [-0.3, -0.25) is 4.79 Å². The first-order chi connectivity index (χ1) is 16.2. The monoisotopic (exact) mass is 596 g/mol. The summed E-state index contributed by atoms with van der Waals surface area (Å²) in [6.07, 6.45) is -0.841. The quantitative estimate of drug-likeness (QED) is 0.444. The van der Waals surface area contributed by atoms with Crippen molar-refractivity contribution in [2.75, 3.05) is 27.9 Å². The Morgan fingerprint density at radius 1 is 1.24 bits per heavy atom. The number of benzene rings is 1. The van der Waals surface area contributed by atoms with Gasteiger partial charge in [-0.05, 0) is 50.9 Å². The lowest BCUT2D eigenvalue weighted by molar-refractivity contribution is -0.135. The second-order valence-corrected chi connectivity index (χ2v) is 8.72. The smallest absolute Gasteiger partial charge is 0.247 e. The number of rotatable bonds is 8. The topological polar surface area (TPSA) is 116 Å². The SMILES string of the molecule is COCc1c(Br)c(C)nc(OCC2=NN(C(C)=O)C(c3cc(Br)c(OC)c(OC)c3)O2)c1C#N. The van der Waals surface area contributed by atoms with Gasteiger partial charge in [-0.2, -0.15) is 10.3 Å². The van der Waals surface area contributed by atoms with Gasteiger partial charge >= 0.3 is 0 Å². The fraction of sp³-hybridized carbons (Fsp3) is 0.364. The minimum absolute atomic E-state index is 0.119. The molecule has 3 rings (SSSR count). The van der Waals surface area contributed by atoms with E-state index in [1.54, 1.807) is 19.1 Å². The predicted molar refractivity (Wildman–Crippen MR) is 129 cm³/mol. The highest BCUT2D eigenvalue weighted by Gasteiger charge is 2.34. The third-order valence-electron chi connectivity index (χ3n) is 4.85. The van der Waals surface area contributed by atoms with Crippen LogP contribution in [0.4, 0.5) is 0 Å². The first-order valence-electron chi connectivity index (χ1n) is 9.91. The van der Waals surface area contributed by atoms with Crippen molar-refractivity contribution in [3.05, 3.63) is 43.5 Å². The maximum atomic E-state index is 12.3. The van der Waals surface area contributed by atoms with Gasteiger partial charge in [0.15, 0.2) is 18.1 Å². The van der Waals surface area contributed by atoms with Crippen LogP contribution in [-0.4, -0.2) is 49.7 Å². The summed E-state index contributed by atoms with van der Waals surface area (Å²) < 4.78 is 29.0. The van der Waals surface area contributed by atoms with Crippen molar-refractivity contribution in [2.24, 2.45) is 5.10 Å². The molecule has 1 aliphatic rings. The van der Waals surface area contributed by atoms with E-state index in [9.17, 15) is 10.1 Å². The van der Waals surface area contributed by atoms with Crippen LogP contribution in [0.15, 0.2) is 26.2 Å². The summed E-state index contributed by atoms with van der Waals surface area (Å²) in [5.74, 6) is 0.903. The molecular weight excluding hydrogens is 576 g/mol. The third kappa shape index (κ3) is 5.11. The lowest BCUT2D eigenvalue weighted by Gasteiger charge is -2.21. The number of aryl methyl sites for hydroxylation is 1. The van der Waals surface area contributed by atoms with Crippen molar-refractivity contribution < 1.29 is 28.5 Å². The molecule has 0 bridgehead atoms. The molecule has 0 fully saturated rings. The second-order valence-electron chi connectivity index (χ2n) is 7.07. The second kappa shape index (κ2) is 11.0. The molecule has 2 heterocycles. The van der Waals surface area contributed by atoms with Crippen LogP contribution in [0.1, 0.15) is 35.5 Å². The van der Waals surface area contributed by atoms with Crippen LogP contribution in [0.25, 0.3) is 0 Å². The van der Waals surface area contributed by atoms with Crippen LogP contribution in [-0.2, 0) is 20.9 Å². The van der Waals surface area contributed by atoms with E-state index in [4.69, 9.17) is 23.7 Å². The fourth-order valence-electron chi connectivity index (χ4n) is 3.31. The largest absolute Gasteiger partial charge is 0.493 e. The van der Waals surface area contributed by atoms with Gasteiger partial charge < -0.3 is 23.7 Å². The highest BCUT2D eigenvalue weighted by atomic mass is 79.9. The number of halogens is 2. The number of methoxy groups -OCH3 is 3. The zero-order valence-corrected chi connectivity index (χ0v) is 22.3. The number of nitrogens with zero attached hydrogens (tertiary/aromatic N) is 4. The first-order valence-corrected chi connectivity index (χ1v) is 11.5. The van der Waals surface area contributed by atoms with Crippen molar-refractivity contribution in [2.45, 2.75) is 26.7 Å². The summed E-state index contributed by atoms with van der Waals surface area (Å²) in [5.41, 5.74) is 2.10. The number of hydrogen-bond donors (Lipinski definition) is 0. The van der Waals surface area contributed by atoms with Crippen LogP contribution >= 0.6 is 31.9 Å². The maximum Gasteiger partial charge on any atom is 0.247 e. The van der Waals surface area contributed by atoms with Gasteiger partial charge in [0.2, 0.25) is 23.9 Å². The molecule has 1 amide bonds. The molecule has 1 aromatic carbocycles. The molecule has 34 heavy (non-hydrogen) atoms. The van der Waals surface area contributed by atoms with Crippen LogP contribution < -0.4 is 14.2 Å². The molecular formula is C22H22Br2N4O6. The predicted octanol–water partition coefficient (Wildman–Crippen LogP) is 4.22. The van der Waals surface area contributed by atoms with Gasteiger partial charge in [0.25, 0.3) is 0 Å². The van der Waals surface area contributed by atoms with E-state index >= 15 is 0 Å². The Morgan fingerprint density at radius 2 is 1.97 bits per heavy atom. The minimum atomic E-state index is -0.841. The molecule has 0 radical (unpaired) electrons. The van der Waals surface area contributed by atoms with Crippen LogP contribution in [0.5, 0.6) is 17.4 Å². The van der Waals surface area contributed by atoms with E-state index in [1.165, 1.54) is 33.3 Å². The van der Waals surface area contributed by atoms with Crippen molar-refractivity contribution in [1.82, 2.24) is 9.99 Å². The number of amides is 1. The zero-order chi connectivity index (χ0) is 25.0. The lowest BCUT2D eigenvalue weighted by Crippen LogP contribution is -2.25. The molecule has 10 nitrogen and oxygen atoms in total. The Kier molecular flexibility index (Phi) is 8.35. The minimum Gasteiger partial charge on any atom is -0.493 e. The number of hydrogen-bond acceptors (Lipinski definition) is 9. The molecule has 1 atom stereocenters. The Hall–Kier alpha value is -2.88. The Morgan fingerprint density at radius 3 is 2.56 bits per heavy atom. The average Bonchev–Trinajstić information content (AvgIpc) is 3.25. The summed E-state index contributed by atoms with van der Waals surface area (Å²) in [4.78, 5) is 16.6. The van der Waals surface area contributed by atoms with Gasteiger partial charge in [-0.1, -0.05) is 0 Å². The average molecular weight is 598 g/mol. The number of ether oxygens (including phenoxy) is 5. The van der Waals surface area contributed by atoms with Gasteiger partial charge in [-0.25, -0.2) is 4.98 Å². The molecule has 180 valence electrons. The van der Waals surface area contributed by atoms with Crippen molar-refractivity contribution in [3.8, 4) is 23.4 Å². The van der Waals surface area contributed by atoms with E-state index in [1.807, 2.05) is 0 Å². The van der Waals surface area contributed by atoms with E-state index < -0.39 is 6.23 Å². The molecule has 0 saturated heterocycles. The number of pyridine rings is 1. The molecule has 1 aromatic heterocycles. The molecule has 0 saturated carbocycles. The Bertz CT molecular complexity index is 1180. The normalized spacial score (nSPS) is 14.8. The maximum absolute atomic E-state index is 12.3.